The van der Waals surface area contributed by atoms with Gasteiger partial charge in [-0.2, -0.15) is 5.10 Å². The second-order valence-corrected chi connectivity index (χ2v) is 5.87. The number of nitrogens with zero attached hydrogens (tertiary/aromatic N) is 3. The van der Waals surface area contributed by atoms with Gasteiger partial charge < -0.3 is 0 Å². The van der Waals surface area contributed by atoms with Crippen LogP contribution in [0.1, 0.15) is 71.1 Å². The van der Waals surface area contributed by atoms with Crippen molar-refractivity contribution < 1.29 is 0 Å². The zero-order valence-electron chi connectivity index (χ0n) is 10.4. The fourth-order valence-electron chi connectivity index (χ4n) is 1.67. The van der Waals surface area contributed by atoms with E-state index < -0.39 is 0 Å². The van der Waals surface area contributed by atoms with E-state index in [1.807, 2.05) is 0 Å². The molecule has 0 aliphatic heterocycles. The van der Waals surface area contributed by atoms with Gasteiger partial charge in [0.15, 0.2) is 5.82 Å². The second-order valence-electron chi connectivity index (χ2n) is 5.87. The van der Waals surface area contributed by atoms with Gasteiger partial charge in [-0.3, -0.25) is 0 Å². The third kappa shape index (κ3) is 2.06. The molecule has 1 fully saturated rings. The van der Waals surface area contributed by atoms with Crippen molar-refractivity contribution in [1.82, 2.24) is 14.8 Å². The Kier molecular flexibility index (Phi) is 2.36. The van der Waals surface area contributed by atoms with Crippen molar-refractivity contribution in [2.75, 3.05) is 0 Å². The molecule has 0 amide bonds. The first-order valence-corrected chi connectivity index (χ1v) is 5.86. The third-order valence-electron chi connectivity index (χ3n) is 2.73. The maximum absolute atomic E-state index is 4.69. The lowest BCUT2D eigenvalue weighted by atomic mass is 9.95. The fourth-order valence-corrected chi connectivity index (χ4v) is 1.67. The highest BCUT2D eigenvalue weighted by molar-refractivity contribution is 5.09. The van der Waals surface area contributed by atoms with Crippen LogP contribution in [0.15, 0.2) is 0 Å². The van der Waals surface area contributed by atoms with E-state index in [9.17, 15) is 0 Å². The molecular weight excluding hydrogens is 186 g/mol. The van der Waals surface area contributed by atoms with Crippen LogP contribution in [0.5, 0.6) is 0 Å². The first kappa shape index (κ1) is 10.7. The van der Waals surface area contributed by atoms with Gasteiger partial charge in [-0.15, -0.1) is 0 Å². The van der Waals surface area contributed by atoms with Crippen LogP contribution in [0.4, 0.5) is 0 Å². The van der Waals surface area contributed by atoms with Crippen LogP contribution in [0, 0.1) is 0 Å². The Morgan fingerprint density at radius 2 is 1.87 bits per heavy atom. The minimum atomic E-state index is 0.0999. The first-order valence-electron chi connectivity index (χ1n) is 5.86. The van der Waals surface area contributed by atoms with E-state index in [1.54, 1.807) is 0 Å². The Bertz CT molecular complexity index is 353. The molecule has 2 rings (SSSR count). The van der Waals surface area contributed by atoms with Crippen LogP contribution in [-0.4, -0.2) is 14.8 Å². The predicted molar refractivity (Wildman–Crippen MR) is 61.1 cm³/mol. The van der Waals surface area contributed by atoms with E-state index >= 15 is 0 Å². The van der Waals surface area contributed by atoms with Gasteiger partial charge in [-0.05, 0) is 12.8 Å². The van der Waals surface area contributed by atoms with Crippen molar-refractivity contribution >= 4 is 0 Å². The van der Waals surface area contributed by atoms with E-state index in [0.29, 0.717) is 12.0 Å². The summed E-state index contributed by atoms with van der Waals surface area (Å²) >= 11 is 0. The van der Waals surface area contributed by atoms with Gasteiger partial charge in [0.1, 0.15) is 5.82 Å². The van der Waals surface area contributed by atoms with Crippen molar-refractivity contribution in [3.63, 3.8) is 0 Å². The highest BCUT2D eigenvalue weighted by Crippen LogP contribution is 2.37. The lowest BCUT2D eigenvalue weighted by molar-refractivity contribution is 0.477. The molecule has 1 heterocycles. The van der Waals surface area contributed by atoms with Crippen LogP contribution in [-0.2, 0) is 5.41 Å². The summed E-state index contributed by atoms with van der Waals surface area (Å²) in [7, 11) is 0. The van der Waals surface area contributed by atoms with Crippen molar-refractivity contribution in [2.45, 2.75) is 64.8 Å². The number of hydrogen-bond donors (Lipinski definition) is 0. The summed E-state index contributed by atoms with van der Waals surface area (Å²) in [6.45, 7) is 10.9. The normalized spacial score (nSPS) is 17.5. The summed E-state index contributed by atoms with van der Waals surface area (Å²) in [6, 6.07) is 0.624. The molecule has 1 saturated carbocycles. The standard InChI is InChI=1S/C12H21N3/c1-8(2)10-13-11(12(3,4)5)15(14-10)9-6-7-9/h8-9H,6-7H2,1-5H3. The first-order chi connectivity index (χ1) is 6.89. The van der Waals surface area contributed by atoms with Crippen LogP contribution in [0.3, 0.4) is 0 Å². The molecule has 0 aromatic carbocycles. The number of hydrogen-bond acceptors (Lipinski definition) is 2. The maximum atomic E-state index is 4.69. The van der Waals surface area contributed by atoms with Crippen molar-refractivity contribution in [3.05, 3.63) is 11.6 Å². The van der Waals surface area contributed by atoms with Gasteiger partial charge in [0.2, 0.25) is 0 Å². The Labute approximate surface area is 91.9 Å². The lowest BCUT2D eigenvalue weighted by Gasteiger charge is -2.17. The predicted octanol–water partition coefficient (Wildman–Crippen LogP) is 3.03. The molecule has 15 heavy (non-hydrogen) atoms. The SMILES string of the molecule is CC(C)c1nc(C(C)(C)C)n(C2CC2)n1. The highest BCUT2D eigenvalue weighted by atomic mass is 15.4. The van der Waals surface area contributed by atoms with Crippen LogP contribution in [0.25, 0.3) is 0 Å². The molecule has 0 unspecified atom stereocenters. The van der Waals surface area contributed by atoms with Crippen LogP contribution < -0.4 is 0 Å². The van der Waals surface area contributed by atoms with Gasteiger partial charge >= 0.3 is 0 Å². The van der Waals surface area contributed by atoms with E-state index in [1.165, 1.54) is 12.8 Å². The average Bonchev–Trinajstić information content (AvgIpc) is 2.81. The summed E-state index contributed by atoms with van der Waals surface area (Å²) in [5.74, 6) is 2.56. The van der Waals surface area contributed by atoms with Crippen LogP contribution in [0.2, 0.25) is 0 Å². The van der Waals surface area contributed by atoms with Gasteiger partial charge in [0.25, 0.3) is 0 Å². The zero-order chi connectivity index (χ0) is 11.2. The summed E-state index contributed by atoms with van der Waals surface area (Å²) in [5, 5.41) is 4.64. The van der Waals surface area contributed by atoms with Crippen LogP contribution >= 0.6 is 0 Å². The summed E-state index contributed by atoms with van der Waals surface area (Å²) in [5.41, 5.74) is 0.0999. The smallest absolute Gasteiger partial charge is 0.153 e. The van der Waals surface area contributed by atoms with Gasteiger partial charge in [0.05, 0.1) is 6.04 Å². The van der Waals surface area contributed by atoms with Crippen molar-refractivity contribution in [3.8, 4) is 0 Å². The molecule has 3 nitrogen and oxygen atoms in total. The van der Waals surface area contributed by atoms with E-state index in [-0.39, 0.29) is 5.41 Å². The quantitative estimate of drug-likeness (QED) is 0.746. The number of rotatable bonds is 2. The monoisotopic (exact) mass is 207 g/mol. The molecule has 1 aliphatic rings. The average molecular weight is 207 g/mol. The molecule has 1 aliphatic carbocycles. The van der Waals surface area contributed by atoms with Crippen molar-refractivity contribution in [2.24, 2.45) is 0 Å². The highest BCUT2D eigenvalue weighted by Gasteiger charge is 2.32. The third-order valence-corrected chi connectivity index (χ3v) is 2.73. The molecule has 0 spiro atoms. The Hall–Kier alpha value is -0.860. The van der Waals surface area contributed by atoms with Gasteiger partial charge in [-0.25, -0.2) is 9.67 Å². The van der Waals surface area contributed by atoms with E-state index in [0.717, 1.165) is 11.6 Å². The molecule has 0 saturated heterocycles. The number of aromatic nitrogens is 3. The lowest BCUT2D eigenvalue weighted by Crippen LogP contribution is -2.19. The molecule has 0 N–H and O–H groups in total. The van der Waals surface area contributed by atoms with E-state index in [2.05, 4.69) is 44.4 Å². The maximum Gasteiger partial charge on any atom is 0.153 e. The fraction of sp³-hybridized carbons (Fsp3) is 0.833. The van der Waals surface area contributed by atoms with Gasteiger partial charge in [0, 0.05) is 11.3 Å². The zero-order valence-corrected chi connectivity index (χ0v) is 10.4. The Balaban J connectivity index is 2.42. The molecule has 1 aromatic rings. The largest absolute Gasteiger partial charge is 0.246 e. The minimum Gasteiger partial charge on any atom is -0.246 e. The molecule has 0 radical (unpaired) electrons. The van der Waals surface area contributed by atoms with E-state index in [4.69, 9.17) is 4.98 Å². The van der Waals surface area contributed by atoms with Crippen molar-refractivity contribution in [1.29, 1.82) is 0 Å². The molecule has 0 bridgehead atoms. The Morgan fingerprint density at radius 1 is 1.27 bits per heavy atom. The molecule has 1 aromatic heterocycles. The summed E-state index contributed by atoms with van der Waals surface area (Å²) in [6.07, 6.45) is 2.54. The summed E-state index contributed by atoms with van der Waals surface area (Å²) in [4.78, 5) is 4.69. The molecular formula is C12H21N3. The Morgan fingerprint density at radius 3 is 2.27 bits per heavy atom. The minimum absolute atomic E-state index is 0.0999. The molecule has 0 atom stereocenters. The second kappa shape index (κ2) is 3.32. The molecule has 3 heteroatoms. The van der Waals surface area contributed by atoms with Gasteiger partial charge in [-0.1, -0.05) is 34.6 Å². The summed E-state index contributed by atoms with van der Waals surface area (Å²) < 4.78 is 2.16. The topological polar surface area (TPSA) is 30.7 Å². The molecule has 84 valence electrons.